The van der Waals surface area contributed by atoms with Crippen molar-refractivity contribution in [1.29, 1.82) is 0 Å². The average Bonchev–Trinajstić information content (AvgIpc) is 3.69. The predicted molar refractivity (Wildman–Crippen MR) is 154 cm³/mol. The molecule has 1 saturated heterocycles. The lowest BCUT2D eigenvalue weighted by Gasteiger charge is -2.33. The summed E-state index contributed by atoms with van der Waals surface area (Å²) in [7, 11) is -2.37. The maximum atomic E-state index is 13.5. The van der Waals surface area contributed by atoms with Gasteiger partial charge in [0.2, 0.25) is 15.9 Å². The number of amides is 1. The van der Waals surface area contributed by atoms with Crippen LogP contribution in [0.4, 0.5) is 0 Å². The van der Waals surface area contributed by atoms with Gasteiger partial charge < -0.3 is 15.4 Å². The number of ether oxygens (including phenoxy) is 1. The molecule has 2 aliphatic carbocycles. The molecule has 1 aliphatic heterocycles. The summed E-state index contributed by atoms with van der Waals surface area (Å²) in [6, 6.07) is 12.8. The molecule has 0 radical (unpaired) electrons. The van der Waals surface area contributed by atoms with Gasteiger partial charge in [0.05, 0.1) is 23.7 Å². The van der Waals surface area contributed by atoms with Crippen LogP contribution in [0.5, 0.6) is 5.75 Å². The second-order valence-corrected chi connectivity index (χ2v) is 13.2. The molecule has 11 heteroatoms. The van der Waals surface area contributed by atoms with Gasteiger partial charge in [-0.05, 0) is 73.1 Å². The minimum atomic E-state index is -3.90. The number of rotatable bonds is 9. The second kappa shape index (κ2) is 11.9. The van der Waals surface area contributed by atoms with E-state index in [9.17, 15) is 13.2 Å². The highest BCUT2D eigenvalue weighted by Crippen LogP contribution is 2.33. The maximum Gasteiger partial charge on any atom is 0.243 e. The number of carbonyl (C=O) groups excluding carboxylic acids is 1. The maximum absolute atomic E-state index is 13.5. The number of sulfonamides is 1. The number of nitrogens with zero attached hydrogens (tertiary/aromatic N) is 4. The van der Waals surface area contributed by atoms with Gasteiger partial charge in [0.25, 0.3) is 0 Å². The first-order valence-electron chi connectivity index (χ1n) is 14.6. The van der Waals surface area contributed by atoms with Crippen LogP contribution >= 0.6 is 0 Å². The first-order chi connectivity index (χ1) is 19.9. The largest absolute Gasteiger partial charge is 0.497 e. The van der Waals surface area contributed by atoms with E-state index in [0.29, 0.717) is 17.5 Å². The zero-order valence-electron chi connectivity index (χ0n) is 23.5. The van der Waals surface area contributed by atoms with E-state index in [1.165, 1.54) is 65.9 Å². The molecule has 2 fully saturated rings. The lowest BCUT2D eigenvalue weighted by molar-refractivity contribution is -0.126. The lowest BCUT2D eigenvalue weighted by Crippen LogP contribution is -2.57. The van der Waals surface area contributed by atoms with Crippen LogP contribution in [0, 0.1) is 0 Å². The summed E-state index contributed by atoms with van der Waals surface area (Å²) in [6.45, 7) is 1.34. The van der Waals surface area contributed by atoms with Crippen molar-refractivity contribution < 1.29 is 17.9 Å². The fourth-order valence-corrected chi connectivity index (χ4v) is 8.02. The number of hydrogen-bond donors (Lipinski definition) is 2. The lowest BCUT2D eigenvalue weighted by atomic mass is 9.86. The normalized spacial score (nSPS) is 21.9. The van der Waals surface area contributed by atoms with Gasteiger partial charge in [0, 0.05) is 38.3 Å². The number of hydrogen-bond acceptors (Lipinski definition) is 7. The van der Waals surface area contributed by atoms with Gasteiger partial charge in [0.1, 0.15) is 11.8 Å². The monoisotopic (exact) mass is 578 g/mol. The Labute approximate surface area is 241 Å². The van der Waals surface area contributed by atoms with Crippen LogP contribution < -0.4 is 15.4 Å². The van der Waals surface area contributed by atoms with Gasteiger partial charge in [-0.3, -0.25) is 4.79 Å². The second-order valence-electron chi connectivity index (χ2n) is 11.3. The number of aryl methyl sites for hydroxylation is 1. The smallest absolute Gasteiger partial charge is 0.243 e. The molecule has 1 saturated carbocycles. The molecule has 1 amide bonds. The third-order valence-corrected chi connectivity index (χ3v) is 10.6. The summed E-state index contributed by atoms with van der Waals surface area (Å²) in [6.07, 6.45) is 10.3. The van der Waals surface area contributed by atoms with E-state index < -0.39 is 16.1 Å². The molecular formula is C30H38N6O4S. The topological polar surface area (TPSA) is 118 Å². The Morgan fingerprint density at radius 1 is 1.07 bits per heavy atom. The average molecular weight is 579 g/mol. The van der Waals surface area contributed by atoms with Crippen molar-refractivity contribution in [3.05, 3.63) is 71.0 Å². The van der Waals surface area contributed by atoms with Gasteiger partial charge in [-0.1, -0.05) is 36.3 Å². The highest BCUT2D eigenvalue weighted by Gasteiger charge is 2.39. The molecule has 6 rings (SSSR count). The standard InChI is InChI=1S/C30H38N6O4S/c1-40-25-10-12-26(13-11-25)41(38,39)36-16-15-31-30(37)29(36)18-24-20-35(34-33-24)28-8-4-5-22-17-21(9-14-27(22)28)19-32-23-6-2-3-7-23/h9-14,17,20,23,28-29,32H,2-8,15-16,18-19H2,1H3,(H,31,37)/t28?,29-/m1/s1. The number of aromatic nitrogens is 3. The summed E-state index contributed by atoms with van der Waals surface area (Å²) in [5, 5.41) is 15.4. The highest BCUT2D eigenvalue weighted by atomic mass is 32.2. The number of piperazine rings is 1. The molecule has 2 N–H and O–H groups in total. The van der Waals surface area contributed by atoms with E-state index in [1.54, 1.807) is 12.1 Å². The molecule has 1 unspecified atom stereocenters. The zero-order valence-corrected chi connectivity index (χ0v) is 24.3. The van der Waals surface area contributed by atoms with Crippen molar-refractivity contribution in [1.82, 2.24) is 29.9 Å². The van der Waals surface area contributed by atoms with Gasteiger partial charge in [-0.25, -0.2) is 13.1 Å². The third kappa shape index (κ3) is 5.89. The summed E-state index contributed by atoms with van der Waals surface area (Å²) in [5.74, 6) is 0.236. The Bertz CT molecular complexity index is 1480. The van der Waals surface area contributed by atoms with Crippen molar-refractivity contribution in [2.75, 3.05) is 20.2 Å². The molecule has 218 valence electrons. The fraction of sp³-hybridized carbons (Fsp3) is 0.500. The fourth-order valence-electron chi connectivity index (χ4n) is 6.44. The summed E-state index contributed by atoms with van der Waals surface area (Å²) in [5.41, 5.74) is 4.52. The van der Waals surface area contributed by atoms with E-state index in [2.05, 4.69) is 39.1 Å². The quantitative estimate of drug-likeness (QED) is 0.401. The number of carbonyl (C=O) groups is 1. The minimum Gasteiger partial charge on any atom is -0.497 e. The molecule has 3 aromatic rings. The van der Waals surface area contributed by atoms with E-state index in [1.807, 2.05) is 10.9 Å². The highest BCUT2D eigenvalue weighted by molar-refractivity contribution is 7.89. The number of nitrogens with one attached hydrogen (secondary N) is 2. The van der Waals surface area contributed by atoms with Gasteiger partial charge in [0.15, 0.2) is 0 Å². The zero-order chi connectivity index (χ0) is 28.4. The first kappa shape index (κ1) is 27.9. The molecule has 2 aromatic carbocycles. The summed E-state index contributed by atoms with van der Waals surface area (Å²) >= 11 is 0. The van der Waals surface area contributed by atoms with Crippen LogP contribution in [0.1, 0.15) is 67.0 Å². The van der Waals surface area contributed by atoms with Crippen molar-refractivity contribution >= 4 is 15.9 Å². The summed E-state index contributed by atoms with van der Waals surface area (Å²) in [4.78, 5) is 13.1. The molecule has 10 nitrogen and oxygen atoms in total. The van der Waals surface area contributed by atoms with Crippen LogP contribution in [0.2, 0.25) is 0 Å². The first-order valence-corrected chi connectivity index (χ1v) is 16.1. The van der Waals surface area contributed by atoms with Crippen LogP contribution in [0.3, 0.4) is 0 Å². The Morgan fingerprint density at radius 2 is 1.88 bits per heavy atom. The van der Waals surface area contributed by atoms with Crippen molar-refractivity contribution in [2.24, 2.45) is 0 Å². The van der Waals surface area contributed by atoms with Gasteiger partial charge in [-0.2, -0.15) is 4.31 Å². The molecule has 2 heterocycles. The predicted octanol–water partition coefficient (Wildman–Crippen LogP) is 2.98. The summed E-state index contributed by atoms with van der Waals surface area (Å²) < 4.78 is 35.4. The molecule has 1 aromatic heterocycles. The number of methoxy groups -OCH3 is 1. The SMILES string of the molecule is COc1ccc(S(=O)(=O)N2CCNC(=O)[C@H]2Cc2cn(C3CCCc4cc(CNC5CCCC5)ccc43)nn2)cc1. The van der Waals surface area contributed by atoms with Gasteiger partial charge in [-0.15, -0.1) is 5.10 Å². The Balaban J connectivity index is 1.18. The van der Waals surface area contributed by atoms with Gasteiger partial charge >= 0.3 is 0 Å². The van der Waals surface area contributed by atoms with Crippen molar-refractivity contribution in [3.8, 4) is 5.75 Å². The number of benzene rings is 2. The van der Waals surface area contributed by atoms with Crippen molar-refractivity contribution in [2.45, 2.75) is 80.9 Å². The molecular weight excluding hydrogens is 540 g/mol. The minimum absolute atomic E-state index is 0.0659. The molecule has 3 aliphatic rings. The van der Waals surface area contributed by atoms with Crippen LogP contribution in [0.25, 0.3) is 0 Å². The molecule has 2 atom stereocenters. The van der Waals surface area contributed by atoms with E-state index in [-0.39, 0.29) is 36.4 Å². The molecule has 0 spiro atoms. The Hall–Kier alpha value is -3.28. The van der Waals surface area contributed by atoms with E-state index in [4.69, 9.17) is 4.74 Å². The van der Waals surface area contributed by atoms with E-state index in [0.717, 1.165) is 25.8 Å². The molecule has 41 heavy (non-hydrogen) atoms. The van der Waals surface area contributed by atoms with E-state index >= 15 is 0 Å². The number of fused-ring (bicyclic) bond motifs is 1. The Kier molecular flexibility index (Phi) is 8.10. The van der Waals surface area contributed by atoms with Crippen LogP contribution in [0.15, 0.2) is 53.6 Å². The van der Waals surface area contributed by atoms with Crippen LogP contribution in [-0.4, -0.2) is 65.9 Å². The molecule has 0 bridgehead atoms. The van der Waals surface area contributed by atoms with Crippen molar-refractivity contribution in [3.63, 3.8) is 0 Å². The van der Waals surface area contributed by atoms with Crippen LogP contribution in [-0.2, 0) is 34.2 Å². The Morgan fingerprint density at radius 3 is 2.66 bits per heavy atom. The third-order valence-electron chi connectivity index (χ3n) is 8.67.